The molecule has 20 heavy (non-hydrogen) atoms. The van der Waals surface area contributed by atoms with Crippen molar-refractivity contribution in [3.05, 3.63) is 35.1 Å². The van der Waals surface area contributed by atoms with E-state index in [1.54, 1.807) is 6.07 Å². The van der Waals surface area contributed by atoms with Gasteiger partial charge in [0.2, 0.25) is 0 Å². The topological polar surface area (TPSA) is 71.1 Å². The molecule has 0 radical (unpaired) electrons. The van der Waals surface area contributed by atoms with Gasteiger partial charge in [-0.3, -0.25) is 4.90 Å². The number of halogens is 1. The van der Waals surface area contributed by atoms with Crippen molar-refractivity contribution in [2.75, 3.05) is 13.1 Å². The molecule has 3 N–H and O–H groups in total. The van der Waals surface area contributed by atoms with Crippen molar-refractivity contribution in [2.24, 2.45) is 10.9 Å². The van der Waals surface area contributed by atoms with Crippen molar-refractivity contribution in [1.29, 1.82) is 0 Å². The van der Waals surface area contributed by atoms with Crippen LogP contribution >= 0.6 is 0 Å². The SMILES string of the molecule is NC(=NO)c1cc(F)ccc1CN1CC2CCC(C1)O2. The second-order valence-corrected chi connectivity index (χ2v) is 5.44. The maximum atomic E-state index is 13.3. The number of amidine groups is 1. The largest absolute Gasteiger partial charge is 0.409 e. The molecule has 2 saturated heterocycles. The lowest BCUT2D eigenvalue weighted by Gasteiger charge is -2.32. The van der Waals surface area contributed by atoms with Crippen LogP contribution in [-0.4, -0.2) is 41.2 Å². The summed E-state index contributed by atoms with van der Waals surface area (Å²) in [6.45, 7) is 2.41. The quantitative estimate of drug-likeness (QED) is 0.378. The Hall–Kier alpha value is -1.66. The van der Waals surface area contributed by atoms with Crippen LogP contribution in [0.3, 0.4) is 0 Å². The summed E-state index contributed by atoms with van der Waals surface area (Å²) in [6.07, 6.45) is 2.83. The van der Waals surface area contributed by atoms with Gasteiger partial charge in [-0.1, -0.05) is 11.2 Å². The lowest BCUT2D eigenvalue weighted by Crippen LogP contribution is -2.42. The van der Waals surface area contributed by atoms with E-state index in [0.29, 0.717) is 24.3 Å². The van der Waals surface area contributed by atoms with Gasteiger partial charge in [0.05, 0.1) is 12.2 Å². The number of ether oxygens (including phenoxy) is 1. The molecule has 0 saturated carbocycles. The third-order valence-electron chi connectivity index (χ3n) is 3.97. The summed E-state index contributed by atoms with van der Waals surface area (Å²) >= 11 is 0. The van der Waals surface area contributed by atoms with Gasteiger partial charge in [0.1, 0.15) is 5.82 Å². The zero-order valence-electron chi connectivity index (χ0n) is 11.1. The molecule has 1 aromatic rings. The van der Waals surface area contributed by atoms with Crippen LogP contribution in [0.1, 0.15) is 24.0 Å². The first-order valence-corrected chi connectivity index (χ1v) is 6.80. The number of rotatable bonds is 3. The molecule has 0 amide bonds. The predicted octanol–water partition coefficient (Wildman–Crippen LogP) is 1.28. The van der Waals surface area contributed by atoms with Crippen LogP contribution in [0.4, 0.5) is 4.39 Å². The summed E-state index contributed by atoms with van der Waals surface area (Å²) < 4.78 is 19.1. The van der Waals surface area contributed by atoms with E-state index in [2.05, 4.69) is 10.1 Å². The first kappa shape index (κ1) is 13.3. The van der Waals surface area contributed by atoms with Gasteiger partial charge in [0.25, 0.3) is 0 Å². The highest BCUT2D eigenvalue weighted by atomic mass is 19.1. The second kappa shape index (κ2) is 5.38. The van der Waals surface area contributed by atoms with E-state index in [9.17, 15) is 4.39 Å². The van der Waals surface area contributed by atoms with Crippen molar-refractivity contribution >= 4 is 5.84 Å². The van der Waals surface area contributed by atoms with Gasteiger partial charge in [-0.05, 0) is 30.5 Å². The van der Waals surface area contributed by atoms with E-state index < -0.39 is 5.82 Å². The summed E-state index contributed by atoms with van der Waals surface area (Å²) in [7, 11) is 0. The third-order valence-corrected chi connectivity index (χ3v) is 3.97. The fourth-order valence-corrected chi connectivity index (χ4v) is 3.05. The van der Waals surface area contributed by atoms with Crippen LogP contribution in [0.5, 0.6) is 0 Å². The molecule has 6 heteroatoms. The average molecular weight is 279 g/mol. The van der Waals surface area contributed by atoms with Gasteiger partial charge in [-0.25, -0.2) is 4.39 Å². The van der Waals surface area contributed by atoms with Crippen LogP contribution in [-0.2, 0) is 11.3 Å². The standard InChI is InChI=1S/C14H18FN3O2/c15-10-2-1-9(13(5-10)14(16)17-19)6-18-7-11-3-4-12(8-18)20-11/h1-2,5,11-12,19H,3-4,6-8H2,(H2,16,17). The molecule has 3 rings (SSSR count). The van der Waals surface area contributed by atoms with Crippen molar-refractivity contribution in [3.8, 4) is 0 Å². The number of hydrogen-bond donors (Lipinski definition) is 2. The Kier molecular flexibility index (Phi) is 3.58. The number of likely N-dealkylation sites (tertiary alicyclic amines) is 1. The molecule has 108 valence electrons. The lowest BCUT2D eigenvalue weighted by molar-refractivity contribution is -0.0410. The molecular weight excluding hydrogens is 261 g/mol. The van der Waals surface area contributed by atoms with Crippen LogP contribution in [0.15, 0.2) is 23.4 Å². The Morgan fingerprint density at radius 3 is 2.75 bits per heavy atom. The number of hydrogen-bond acceptors (Lipinski definition) is 4. The Bertz CT molecular complexity index is 523. The summed E-state index contributed by atoms with van der Waals surface area (Å²) in [5.74, 6) is -0.451. The highest BCUT2D eigenvalue weighted by molar-refractivity contribution is 5.98. The molecule has 0 spiro atoms. The summed E-state index contributed by atoms with van der Waals surface area (Å²) in [5, 5.41) is 11.8. The van der Waals surface area contributed by atoms with E-state index in [-0.39, 0.29) is 5.84 Å². The molecule has 1 aromatic carbocycles. The molecule has 2 aliphatic heterocycles. The van der Waals surface area contributed by atoms with Gasteiger partial charge >= 0.3 is 0 Å². The highest BCUT2D eigenvalue weighted by Crippen LogP contribution is 2.27. The van der Waals surface area contributed by atoms with E-state index in [1.165, 1.54) is 12.1 Å². The smallest absolute Gasteiger partial charge is 0.170 e. The van der Waals surface area contributed by atoms with E-state index in [0.717, 1.165) is 31.5 Å². The zero-order valence-corrected chi connectivity index (χ0v) is 11.1. The first-order valence-electron chi connectivity index (χ1n) is 6.80. The van der Waals surface area contributed by atoms with Crippen LogP contribution in [0.25, 0.3) is 0 Å². The van der Waals surface area contributed by atoms with Crippen LogP contribution < -0.4 is 5.73 Å². The van der Waals surface area contributed by atoms with Gasteiger partial charge < -0.3 is 15.7 Å². The Balaban J connectivity index is 1.80. The minimum Gasteiger partial charge on any atom is -0.409 e. The van der Waals surface area contributed by atoms with Crippen LogP contribution in [0.2, 0.25) is 0 Å². The highest BCUT2D eigenvalue weighted by Gasteiger charge is 2.33. The predicted molar refractivity (Wildman–Crippen MR) is 72.1 cm³/mol. The molecule has 2 fully saturated rings. The van der Waals surface area contributed by atoms with Crippen molar-refractivity contribution in [3.63, 3.8) is 0 Å². The third kappa shape index (κ3) is 2.62. The number of morpholine rings is 1. The van der Waals surface area contributed by atoms with Gasteiger partial charge in [0.15, 0.2) is 5.84 Å². The number of benzene rings is 1. The molecule has 0 aromatic heterocycles. The zero-order chi connectivity index (χ0) is 14.1. The average Bonchev–Trinajstić information content (AvgIpc) is 2.79. The molecule has 2 unspecified atom stereocenters. The Morgan fingerprint density at radius 2 is 2.10 bits per heavy atom. The van der Waals surface area contributed by atoms with Crippen molar-refractivity contribution in [2.45, 2.75) is 31.6 Å². The molecule has 0 aliphatic carbocycles. The molecular formula is C14H18FN3O2. The summed E-state index contributed by atoms with van der Waals surface area (Å²) in [5.41, 5.74) is 6.94. The number of nitrogens with two attached hydrogens (primary N) is 1. The van der Waals surface area contributed by atoms with E-state index in [1.807, 2.05) is 0 Å². The Labute approximate surface area is 116 Å². The number of fused-ring (bicyclic) bond motifs is 2. The van der Waals surface area contributed by atoms with Crippen LogP contribution in [0, 0.1) is 5.82 Å². The molecule has 2 bridgehead atoms. The maximum Gasteiger partial charge on any atom is 0.170 e. The second-order valence-electron chi connectivity index (χ2n) is 5.44. The van der Waals surface area contributed by atoms with Gasteiger partial charge in [0, 0.05) is 25.2 Å². The fourth-order valence-electron chi connectivity index (χ4n) is 3.05. The van der Waals surface area contributed by atoms with Gasteiger partial charge in [-0.15, -0.1) is 0 Å². The molecule has 5 nitrogen and oxygen atoms in total. The molecule has 2 atom stereocenters. The minimum atomic E-state index is -0.391. The molecule has 2 aliphatic rings. The summed E-state index contributed by atoms with van der Waals surface area (Å²) in [4.78, 5) is 2.28. The van der Waals surface area contributed by atoms with E-state index >= 15 is 0 Å². The Morgan fingerprint density at radius 1 is 1.40 bits per heavy atom. The first-order chi connectivity index (χ1) is 9.65. The van der Waals surface area contributed by atoms with Crippen molar-refractivity contribution in [1.82, 2.24) is 4.90 Å². The summed E-state index contributed by atoms with van der Waals surface area (Å²) in [6, 6.07) is 4.40. The number of nitrogens with zero attached hydrogens (tertiary/aromatic N) is 2. The van der Waals surface area contributed by atoms with Gasteiger partial charge in [-0.2, -0.15) is 0 Å². The monoisotopic (exact) mass is 279 g/mol. The number of oxime groups is 1. The molecule has 2 heterocycles. The van der Waals surface area contributed by atoms with Crippen molar-refractivity contribution < 1.29 is 14.3 Å². The maximum absolute atomic E-state index is 13.3. The minimum absolute atomic E-state index is 0.0595. The van der Waals surface area contributed by atoms with E-state index in [4.69, 9.17) is 15.7 Å². The normalized spacial score (nSPS) is 26.9. The lowest BCUT2D eigenvalue weighted by atomic mass is 10.1. The fraction of sp³-hybridized carbons (Fsp3) is 0.500.